The molecule has 0 unspecified atom stereocenters. The molecule has 0 aromatic heterocycles. The van der Waals surface area contributed by atoms with Crippen molar-refractivity contribution in [3.8, 4) is 0 Å². The van der Waals surface area contributed by atoms with Gasteiger partial charge in [-0.25, -0.2) is 4.79 Å². The molecule has 3 aromatic rings. The summed E-state index contributed by atoms with van der Waals surface area (Å²) < 4.78 is 77.5. The molecule has 3 rings (SSSR count). The molecule has 3 aromatic carbocycles. The van der Waals surface area contributed by atoms with Crippen molar-refractivity contribution < 1.29 is 41.4 Å². The van der Waals surface area contributed by atoms with Crippen LogP contribution in [-0.4, -0.2) is 16.2 Å². The second-order valence-electron chi connectivity index (χ2n) is 6.74. The van der Waals surface area contributed by atoms with Crippen molar-refractivity contribution in [3.05, 3.63) is 106 Å². The maximum Gasteiger partial charge on any atom is 0.416 e. The number of halogens is 6. The van der Waals surface area contributed by atoms with Crippen LogP contribution in [0.15, 0.2) is 72.8 Å². The summed E-state index contributed by atoms with van der Waals surface area (Å²) in [6.07, 6.45) is -9.23. The maximum absolute atomic E-state index is 12.9. The van der Waals surface area contributed by atoms with Gasteiger partial charge in [-0.3, -0.25) is 0 Å². The summed E-state index contributed by atoms with van der Waals surface area (Å²) in [6, 6.07) is 11.9. The Bertz CT molecular complexity index is 1010. The second kappa shape index (κ2) is 7.73. The lowest BCUT2D eigenvalue weighted by atomic mass is 9.79. The molecule has 0 bridgehead atoms. The minimum absolute atomic E-state index is 0.0386. The normalized spacial score (nSPS) is 12.6. The first kappa shape index (κ1) is 22.4. The van der Waals surface area contributed by atoms with E-state index >= 15 is 0 Å². The smallest absolute Gasteiger partial charge is 0.416 e. The van der Waals surface area contributed by atoms with Crippen LogP contribution in [0.5, 0.6) is 0 Å². The molecule has 0 atom stereocenters. The predicted molar refractivity (Wildman–Crippen MR) is 98.4 cm³/mol. The van der Waals surface area contributed by atoms with Crippen molar-refractivity contribution in [1.29, 1.82) is 0 Å². The molecule has 0 saturated carbocycles. The molecule has 3 nitrogen and oxygen atoms in total. The zero-order valence-corrected chi connectivity index (χ0v) is 15.5. The Hall–Kier alpha value is -3.33. The number of carboxylic acid groups (broad SMARTS) is 1. The topological polar surface area (TPSA) is 57.5 Å². The summed E-state index contributed by atoms with van der Waals surface area (Å²) >= 11 is 0. The van der Waals surface area contributed by atoms with E-state index in [0.717, 1.165) is 48.5 Å². The summed E-state index contributed by atoms with van der Waals surface area (Å²) in [6.45, 7) is 0. The molecule has 0 fully saturated rings. The van der Waals surface area contributed by atoms with Gasteiger partial charge in [0.1, 0.15) is 5.60 Å². The molecule has 0 heterocycles. The van der Waals surface area contributed by atoms with Crippen LogP contribution in [0.4, 0.5) is 26.3 Å². The molecule has 162 valence electrons. The van der Waals surface area contributed by atoms with Gasteiger partial charge < -0.3 is 10.2 Å². The average molecular weight is 440 g/mol. The number of benzene rings is 3. The first-order valence-electron chi connectivity index (χ1n) is 8.75. The zero-order chi connectivity index (χ0) is 23.0. The number of hydrogen-bond acceptors (Lipinski definition) is 2. The molecule has 0 aliphatic carbocycles. The largest absolute Gasteiger partial charge is 0.478 e. The van der Waals surface area contributed by atoms with Crippen LogP contribution in [0, 0.1) is 0 Å². The Morgan fingerprint density at radius 3 is 1.06 bits per heavy atom. The Balaban J connectivity index is 2.17. The fraction of sp³-hybridized carbons (Fsp3) is 0.136. The van der Waals surface area contributed by atoms with Crippen LogP contribution in [0.3, 0.4) is 0 Å². The highest BCUT2D eigenvalue weighted by Gasteiger charge is 2.37. The molecule has 0 radical (unpaired) electrons. The summed E-state index contributed by atoms with van der Waals surface area (Å²) in [5.74, 6) is -1.24. The summed E-state index contributed by atoms with van der Waals surface area (Å²) in [4.78, 5) is 11.1. The zero-order valence-electron chi connectivity index (χ0n) is 15.5. The fourth-order valence-electron chi connectivity index (χ4n) is 3.15. The number of carbonyl (C=O) groups is 1. The average Bonchev–Trinajstić information content (AvgIpc) is 2.72. The van der Waals surface area contributed by atoms with Crippen LogP contribution in [0.25, 0.3) is 0 Å². The van der Waals surface area contributed by atoms with Gasteiger partial charge in [-0.05, 0) is 53.1 Å². The first-order valence-corrected chi connectivity index (χ1v) is 8.75. The molecule has 0 amide bonds. The molecule has 2 N–H and O–H groups in total. The van der Waals surface area contributed by atoms with Crippen LogP contribution in [0.2, 0.25) is 0 Å². The van der Waals surface area contributed by atoms with Crippen LogP contribution >= 0.6 is 0 Å². The highest BCUT2D eigenvalue weighted by Crippen LogP contribution is 2.39. The molecule has 9 heteroatoms. The van der Waals surface area contributed by atoms with Crippen molar-refractivity contribution in [1.82, 2.24) is 0 Å². The van der Waals surface area contributed by atoms with Crippen molar-refractivity contribution in [2.24, 2.45) is 0 Å². The van der Waals surface area contributed by atoms with Gasteiger partial charge in [0.2, 0.25) is 0 Å². The van der Waals surface area contributed by atoms with Crippen molar-refractivity contribution >= 4 is 5.97 Å². The van der Waals surface area contributed by atoms with Gasteiger partial charge in [0.25, 0.3) is 0 Å². The molecule has 31 heavy (non-hydrogen) atoms. The van der Waals surface area contributed by atoms with Crippen molar-refractivity contribution in [3.63, 3.8) is 0 Å². The number of carboxylic acids is 1. The molecular weight excluding hydrogens is 426 g/mol. The van der Waals surface area contributed by atoms with Gasteiger partial charge in [-0.1, -0.05) is 36.4 Å². The number of hydrogen-bond donors (Lipinski definition) is 2. The number of rotatable bonds is 4. The van der Waals surface area contributed by atoms with Gasteiger partial charge in [0, 0.05) is 0 Å². The van der Waals surface area contributed by atoms with E-state index in [1.807, 2.05) is 0 Å². The Labute approximate surface area is 172 Å². The summed E-state index contributed by atoms with van der Waals surface area (Å²) in [5.41, 5.74) is -4.18. The lowest BCUT2D eigenvalue weighted by molar-refractivity contribution is -0.138. The van der Waals surface area contributed by atoms with E-state index < -0.39 is 35.0 Å². The minimum atomic E-state index is -4.62. The SMILES string of the molecule is O=C(O)c1ccc(C(O)(c2ccc(C(F)(F)F)cc2)c2ccc(C(F)(F)F)cc2)cc1. The first-order chi connectivity index (χ1) is 14.3. The van der Waals surface area contributed by atoms with Gasteiger partial charge in [-0.2, -0.15) is 26.3 Å². The quantitative estimate of drug-likeness (QED) is 0.404. The Morgan fingerprint density at radius 2 is 0.806 bits per heavy atom. The minimum Gasteiger partial charge on any atom is -0.478 e. The second-order valence-corrected chi connectivity index (χ2v) is 6.74. The highest BCUT2D eigenvalue weighted by molar-refractivity contribution is 5.87. The fourth-order valence-corrected chi connectivity index (χ4v) is 3.15. The van der Waals surface area contributed by atoms with E-state index in [4.69, 9.17) is 5.11 Å². The lowest BCUT2D eigenvalue weighted by Crippen LogP contribution is -2.29. The number of alkyl halides is 6. The van der Waals surface area contributed by atoms with E-state index in [1.54, 1.807) is 0 Å². The van der Waals surface area contributed by atoms with Crippen LogP contribution in [-0.2, 0) is 18.0 Å². The van der Waals surface area contributed by atoms with Gasteiger partial charge in [0.15, 0.2) is 0 Å². The molecular formula is C22H14F6O3. The number of aliphatic hydroxyl groups is 1. The maximum atomic E-state index is 12.9. The van der Waals surface area contributed by atoms with E-state index in [0.29, 0.717) is 0 Å². The Kier molecular flexibility index (Phi) is 5.58. The highest BCUT2D eigenvalue weighted by atomic mass is 19.4. The molecule has 0 aliphatic heterocycles. The Morgan fingerprint density at radius 1 is 0.548 bits per heavy atom. The molecule has 0 spiro atoms. The van der Waals surface area contributed by atoms with Gasteiger partial charge in [0.05, 0.1) is 16.7 Å². The van der Waals surface area contributed by atoms with Crippen LogP contribution < -0.4 is 0 Å². The van der Waals surface area contributed by atoms with E-state index in [2.05, 4.69) is 0 Å². The third-order valence-electron chi connectivity index (χ3n) is 4.81. The third kappa shape index (κ3) is 4.41. The summed E-state index contributed by atoms with van der Waals surface area (Å²) in [5, 5.41) is 20.6. The van der Waals surface area contributed by atoms with Crippen molar-refractivity contribution in [2.45, 2.75) is 18.0 Å². The summed E-state index contributed by atoms with van der Waals surface area (Å²) in [7, 11) is 0. The van der Waals surface area contributed by atoms with Gasteiger partial charge >= 0.3 is 18.3 Å². The van der Waals surface area contributed by atoms with E-state index in [9.17, 15) is 36.2 Å². The standard InChI is InChI=1S/C22H14F6O3/c23-21(24,25)17-9-5-15(6-10-17)20(31,14-3-1-13(2-4-14)19(29)30)16-7-11-18(12-8-16)22(26,27)28/h1-12,31H,(H,29,30). The van der Waals surface area contributed by atoms with E-state index in [1.165, 1.54) is 24.3 Å². The molecule has 0 aliphatic rings. The van der Waals surface area contributed by atoms with E-state index in [-0.39, 0.29) is 22.3 Å². The lowest BCUT2D eigenvalue weighted by Gasteiger charge is -2.30. The predicted octanol–water partition coefficient (Wildman–Crippen LogP) is 5.71. The number of aromatic carboxylic acids is 1. The van der Waals surface area contributed by atoms with Gasteiger partial charge in [-0.15, -0.1) is 0 Å². The monoisotopic (exact) mass is 440 g/mol. The third-order valence-corrected chi connectivity index (χ3v) is 4.81. The van der Waals surface area contributed by atoms with Crippen LogP contribution in [0.1, 0.15) is 38.2 Å². The molecule has 0 saturated heterocycles. The van der Waals surface area contributed by atoms with Crippen molar-refractivity contribution in [2.75, 3.05) is 0 Å².